The number of carboxylic acids is 1. The monoisotopic (exact) mass is 371 g/mol. The van der Waals surface area contributed by atoms with E-state index >= 15 is 0 Å². The van der Waals surface area contributed by atoms with Gasteiger partial charge in [0.1, 0.15) is 17.4 Å². The summed E-state index contributed by atoms with van der Waals surface area (Å²) in [6.45, 7) is 5.17. The number of carboxylic acid groups (broad SMARTS) is 1. The predicted molar refractivity (Wildman–Crippen MR) is 103 cm³/mol. The molecule has 0 aromatic heterocycles. The van der Waals surface area contributed by atoms with Crippen molar-refractivity contribution in [2.24, 2.45) is 0 Å². The number of alkyl carbamates (subject to hydrolysis) is 1. The van der Waals surface area contributed by atoms with E-state index in [9.17, 15) is 14.7 Å². The van der Waals surface area contributed by atoms with Crippen molar-refractivity contribution >= 4 is 12.1 Å². The van der Waals surface area contributed by atoms with E-state index in [1.807, 2.05) is 48.5 Å². The van der Waals surface area contributed by atoms with E-state index < -0.39 is 23.7 Å². The van der Waals surface area contributed by atoms with E-state index in [2.05, 4.69) is 5.32 Å². The Labute approximate surface area is 159 Å². The number of ether oxygens (including phenoxy) is 2. The zero-order valence-corrected chi connectivity index (χ0v) is 16.0. The first kappa shape index (κ1) is 20.3. The lowest BCUT2D eigenvalue weighted by Crippen LogP contribution is -2.44. The van der Waals surface area contributed by atoms with Crippen LogP contribution in [0.25, 0.3) is 11.1 Å². The summed E-state index contributed by atoms with van der Waals surface area (Å²) >= 11 is 0. The highest BCUT2D eigenvalue weighted by atomic mass is 16.6. The van der Waals surface area contributed by atoms with Crippen LogP contribution in [0.2, 0.25) is 0 Å². The average molecular weight is 371 g/mol. The van der Waals surface area contributed by atoms with Crippen LogP contribution >= 0.6 is 0 Å². The van der Waals surface area contributed by atoms with Gasteiger partial charge in [-0.15, -0.1) is 0 Å². The van der Waals surface area contributed by atoms with Gasteiger partial charge >= 0.3 is 12.1 Å². The van der Waals surface area contributed by atoms with Crippen molar-refractivity contribution in [2.75, 3.05) is 7.11 Å². The Morgan fingerprint density at radius 3 is 2.26 bits per heavy atom. The molecule has 2 aromatic rings. The first-order valence-corrected chi connectivity index (χ1v) is 8.64. The number of rotatable bonds is 6. The molecule has 2 N–H and O–H groups in total. The summed E-state index contributed by atoms with van der Waals surface area (Å²) in [5.41, 5.74) is 1.95. The first-order valence-electron chi connectivity index (χ1n) is 8.64. The third kappa shape index (κ3) is 6.02. The third-order valence-electron chi connectivity index (χ3n) is 3.83. The van der Waals surface area contributed by atoms with Crippen LogP contribution in [-0.4, -0.2) is 35.9 Å². The Hall–Kier alpha value is -3.02. The molecule has 0 fully saturated rings. The van der Waals surface area contributed by atoms with Crippen molar-refractivity contribution < 1.29 is 24.2 Å². The van der Waals surface area contributed by atoms with Crippen LogP contribution in [0.1, 0.15) is 26.3 Å². The molecule has 0 heterocycles. The highest BCUT2D eigenvalue weighted by molar-refractivity contribution is 5.81. The van der Waals surface area contributed by atoms with Crippen molar-refractivity contribution in [1.82, 2.24) is 5.32 Å². The van der Waals surface area contributed by atoms with E-state index in [0.717, 1.165) is 22.4 Å². The molecule has 144 valence electrons. The van der Waals surface area contributed by atoms with Crippen LogP contribution in [0.3, 0.4) is 0 Å². The summed E-state index contributed by atoms with van der Waals surface area (Å²) in [7, 11) is 1.60. The Balaban J connectivity index is 2.23. The van der Waals surface area contributed by atoms with Crippen LogP contribution < -0.4 is 10.1 Å². The number of methoxy groups -OCH3 is 1. The summed E-state index contributed by atoms with van der Waals surface area (Å²) in [5.74, 6) is -0.378. The molecule has 0 aliphatic rings. The van der Waals surface area contributed by atoms with Gasteiger partial charge in [0.2, 0.25) is 0 Å². The lowest BCUT2D eigenvalue weighted by Gasteiger charge is -2.22. The quantitative estimate of drug-likeness (QED) is 0.805. The molecule has 0 aliphatic heterocycles. The Kier molecular flexibility index (Phi) is 6.45. The number of carbonyl (C=O) groups excluding carboxylic acids is 1. The zero-order chi connectivity index (χ0) is 20.0. The van der Waals surface area contributed by atoms with Gasteiger partial charge in [-0.2, -0.15) is 0 Å². The summed E-state index contributed by atoms with van der Waals surface area (Å²) in [6.07, 6.45) is -0.617. The molecule has 1 atom stereocenters. The molecule has 0 saturated heterocycles. The second-order valence-corrected chi connectivity index (χ2v) is 7.13. The van der Waals surface area contributed by atoms with Gasteiger partial charge in [0.05, 0.1) is 7.11 Å². The van der Waals surface area contributed by atoms with Gasteiger partial charge in [-0.05, 0) is 49.6 Å². The molecule has 1 unspecified atom stereocenters. The molecule has 0 radical (unpaired) electrons. The molecule has 2 rings (SSSR count). The summed E-state index contributed by atoms with van der Waals surface area (Å²) in [4.78, 5) is 23.6. The molecule has 0 aliphatic carbocycles. The van der Waals surface area contributed by atoms with Gasteiger partial charge in [-0.25, -0.2) is 9.59 Å². The molecule has 0 spiro atoms. The fourth-order valence-corrected chi connectivity index (χ4v) is 2.62. The highest BCUT2D eigenvalue weighted by Crippen LogP contribution is 2.26. The van der Waals surface area contributed by atoms with Gasteiger partial charge in [0.25, 0.3) is 0 Å². The summed E-state index contributed by atoms with van der Waals surface area (Å²) < 4.78 is 10.3. The van der Waals surface area contributed by atoms with Crippen molar-refractivity contribution in [1.29, 1.82) is 0 Å². The fourth-order valence-electron chi connectivity index (χ4n) is 2.62. The van der Waals surface area contributed by atoms with Crippen molar-refractivity contribution in [3.05, 3.63) is 54.1 Å². The van der Waals surface area contributed by atoms with Gasteiger partial charge < -0.3 is 19.9 Å². The number of amides is 1. The minimum absolute atomic E-state index is 0.136. The van der Waals surface area contributed by atoms with E-state index in [1.165, 1.54) is 0 Å². The van der Waals surface area contributed by atoms with Gasteiger partial charge in [0.15, 0.2) is 0 Å². The summed E-state index contributed by atoms with van der Waals surface area (Å²) in [6, 6.07) is 13.9. The van der Waals surface area contributed by atoms with Crippen LogP contribution in [0.4, 0.5) is 4.79 Å². The minimum atomic E-state index is -1.12. The molecule has 6 heteroatoms. The molecule has 1 amide bonds. The van der Waals surface area contributed by atoms with E-state index in [0.29, 0.717) is 0 Å². The van der Waals surface area contributed by atoms with E-state index in [4.69, 9.17) is 9.47 Å². The molecular formula is C21H25NO5. The Morgan fingerprint density at radius 2 is 1.70 bits per heavy atom. The first-order chi connectivity index (χ1) is 12.7. The number of aliphatic carboxylic acids is 1. The molecule has 0 bridgehead atoms. The van der Waals surface area contributed by atoms with Crippen LogP contribution in [0.5, 0.6) is 5.75 Å². The number of nitrogens with one attached hydrogen (secondary N) is 1. The molecular weight excluding hydrogens is 346 g/mol. The fraction of sp³-hybridized carbons (Fsp3) is 0.333. The average Bonchev–Trinajstić information content (AvgIpc) is 2.60. The maximum Gasteiger partial charge on any atom is 0.408 e. The number of hydrogen-bond acceptors (Lipinski definition) is 4. The minimum Gasteiger partial charge on any atom is -0.497 e. The van der Waals surface area contributed by atoms with Crippen LogP contribution in [-0.2, 0) is 16.0 Å². The summed E-state index contributed by atoms with van der Waals surface area (Å²) in [5, 5.41) is 12.0. The normalized spacial score (nSPS) is 12.1. The van der Waals surface area contributed by atoms with Gasteiger partial charge in [-0.1, -0.05) is 36.4 Å². The standard InChI is InChI=1S/C21H25NO5/c1-21(2,3)27-20(25)22-18(19(23)24)13-15-7-5-6-8-17(15)14-9-11-16(26-4)12-10-14/h5-12,18H,13H2,1-4H3,(H,22,25)(H,23,24). The molecule has 2 aromatic carbocycles. The van der Waals surface area contributed by atoms with Gasteiger partial charge in [-0.3, -0.25) is 0 Å². The Bertz CT molecular complexity index is 793. The lowest BCUT2D eigenvalue weighted by molar-refractivity contribution is -0.139. The SMILES string of the molecule is COc1ccc(-c2ccccc2CC(NC(=O)OC(C)(C)C)C(=O)O)cc1. The van der Waals surface area contributed by atoms with Crippen LogP contribution in [0, 0.1) is 0 Å². The molecule has 27 heavy (non-hydrogen) atoms. The molecule has 0 saturated carbocycles. The van der Waals surface area contributed by atoms with Crippen molar-refractivity contribution in [3.63, 3.8) is 0 Å². The third-order valence-corrected chi connectivity index (χ3v) is 3.83. The van der Waals surface area contributed by atoms with Gasteiger partial charge in [0, 0.05) is 6.42 Å². The zero-order valence-electron chi connectivity index (χ0n) is 16.0. The highest BCUT2D eigenvalue weighted by Gasteiger charge is 2.25. The maximum atomic E-state index is 12.0. The lowest BCUT2D eigenvalue weighted by atomic mass is 9.95. The van der Waals surface area contributed by atoms with E-state index in [1.54, 1.807) is 27.9 Å². The maximum absolute atomic E-state index is 12.0. The predicted octanol–water partition coefficient (Wildman–Crippen LogP) is 3.88. The second kappa shape index (κ2) is 8.58. The Morgan fingerprint density at radius 1 is 1.07 bits per heavy atom. The van der Waals surface area contributed by atoms with Crippen molar-refractivity contribution in [3.8, 4) is 16.9 Å². The topological polar surface area (TPSA) is 84.9 Å². The largest absolute Gasteiger partial charge is 0.497 e. The number of carbonyl (C=O) groups is 2. The smallest absolute Gasteiger partial charge is 0.408 e. The number of benzene rings is 2. The molecule has 6 nitrogen and oxygen atoms in total. The number of hydrogen-bond donors (Lipinski definition) is 2. The van der Waals surface area contributed by atoms with E-state index in [-0.39, 0.29) is 6.42 Å². The van der Waals surface area contributed by atoms with Crippen molar-refractivity contribution in [2.45, 2.75) is 38.8 Å². The second-order valence-electron chi connectivity index (χ2n) is 7.13. The van der Waals surface area contributed by atoms with Crippen LogP contribution in [0.15, 0.2) is 48.5 Å².